The third-order valence-electron chi connectivity index (χ3n) is 4.72. The van der Waals surface area contributed by atoms with Gasteiger partial charge in [0.25, 0.3) is 5.91 Å². The van der Waals surface area contributed by atoms with Gasteiger partial charge in [-0.15, -0.1) is 11.8 Å². The molecule has 0 radical (unpaired) electrons. The van der Waals surface area contributed by atoms with Crippen LogP contribution >= 0.6 is 11.8 Å². The number of carboxylic acids is 1. The highest BCUT2D eigenvalue weighted by Crippen LogP contribution is 2.24. The lowest BCUT2D eigenvalue weighted by atomic mass is 10.0. The van der Waals surface area contributed by atoms with Crippen molar-refractivity contribution in [1.82, 2.24) is 5.32 Å². The predicted molar refractivity (Wildman–Crippen MR) is 109 cm³/mol. The maximum atomic E-state index is 12.6. The van der Waals surface area contributed by atoms with Crippen LogP contribution in [0.15, 0.2) is 53.4 Å². The molecule has 0 bridgehead atoms. The number of carbonyl (C=O) groups excluding carboxylic acids is 2. The molecule has 1 aliphatic rings. The molecule has 0 aliphatic carbocycles. The lowest BCUT2D eigenvalue weighted by Gasteiger charge is -2.19. The Balaban J connectivity index is 1.73. The summed E-state index contributed by atoms with van der Waals surface area (Å²) in [5, 5.41) is 12.0. The Labute approximate surface area is 167 Å². The van der Waals surface area contributed by atoms with Gasteiger partial charge < -0.3 is 15.3 Å². The maximum Gasteiger partial charge on any atom is 0.305 e. The minimum absolute atomic E-state index is 0.0902. The van der Waals surface area contributed by atoms with Crippen LogP contribution in [0.2, 0.25) is 0 Å². The van der Waals surface area contributed by atoms with Gasteiger partial charge >= 0.3 is 5.97 Å². The zero-order valence-corrected chi connectivity index (χ0v) is 16.4. The Morgan fingerprint density at radius 2 is 1.82 bits per heavy atom. The molecule has 2 aromatic rings. The summed E-state index contributed by atoms with van der Waals surface area (Å²) in [5.41, 5.74) is 1.94. The number of hydrogen-bond acceptors (Lipinski definition) is 4. The first-order valence-corrected chi connectivity index (χ1v) is 10.3. The van der Waals surface area contributed by atoms with E-state index in [1.165, 1.54) is 0 Å². The number of nitrogens with one attached hydrogen (secondary N) is 1. The lowest BCUT2D eigenvalue weighted by Crippen LogP contribution is -2.30. The van der Waals surface area contributed by atoms with E-state index < -0.39 is 12.0 Å². The molecule has 0 spiro atoms. The minimum Gasteiger partial charge on any atom is -0.481 e. The first kappa shape index (κ1) is 19.9. The van der Waals surface area contributed by atoms with Crippen molar-refractivity contribution >= 4 is 35.2 Å². The number of hydrogen-bond donors (Lipinski definition) is 2. The van der Waals surface area contributed by atoms with Crippen LogP contribution in [0.25, 0.3) is 0 Å². The number of aliphatic carboxylic acids is 1. The fourth-order valence-electron chi connectivity index (χ4n) is 3.22. The van der Waals surface area contributed by atoms with E-state index in [4.69, 9.17) is 0 Å². The quantitative estimate of drug-likeness (QED) is 0.698. The molecule has 2 N–H and O–H groups in total. The molecule has 0 aromatic heterocycles. The molecule has 6 nitrogen and oxygen atoms in total. The highest BCUT2D eigenvalue weighted by atomic mass is 32.2. The fourth-order valence-corrected chi connectivity index (χ4v) is 3.63. The molecule has 1 saturated heterocycles. The van der Waals surface area contributed by atoms with E-state index in [9.17, 15) is 19.5 Å². The lowest BCUT2D eigenvalue weighted by molar-refractivity contribution is -0.137. The van der Waals surface area contributed by atoms with E-state index in [0.717, 1.165) is 22.6 Å². The zero-order valence-electron chi connectivity index (χ0n) is 15.6. The van der Waals surface area contributed by atoms with Gasteiger partial charge in [-0.1, -0.05) is 12.1 Å². The molecular formula is C21H22N2O4S. The summed E-state index contributed by atoms with van der Waals surface area (Å²) < 4.78 is 0. The maximum absolute atomic E-state index is 12.6. The average Bonchev–Trinajstić information content (AvgIpc) is 3.13. The van der Waals surface area contributed by atoms with E-state index in [-0.39, 0.29) is 18.2 Å². The summed E-state index contributed by atoms with van der Waals surface area (Å²) in [6, 6.07) is 13.7. The first-order chi connectivity index (χ1) is 13.5. The second-order valence-corrected chi connectivity index (χ2v) is 7.47. The molecule has 1 unspecified atom stereocenters. The number of carbonyl (C=O) groups is 3. The highest BCUT2D eigenvalue weighted by Gasteiger charge is 2.22. The van der Waals surface area contributed by atoms with Gasteiger partial charge in [-0.25, -0.2) is 0 Å². The Hall–Kier alpha value is -2.80. The van der Waals surface area contributed by atoms with E-state index >= 15 is 0 Å². The molecule has 1 atom stereocenters. The Bertz CT molecular complexity index is 865. The third kappa shape index (κ3) is 4.72. The van der Waals surface area contributed by atoms with Gasteiger partial charge in [0, 0.05) is 29.1 Å². The van der Waals surface area contributed by atoms with Crippen LogP contribution in [-0.2, 0) is 9.59 Å². The molecule has 1 heterocycles. The van der Waals surface area contributed by atoms with Gasteiger partial charge in [-0.3, -0.25) is 14.4 Å². The number of carboxylic acid groups (broad SMARTS) is 1. The summed E-state index contributed by atoms with van der Waals surface area (Å²) in [5.74, 6) is -1.24. The molecule has 0 saturated carbocycles. The second-order valence-electron chi connectivity index (χ2n) is 6.59. The molecule has 3 rings (SSSR count). The van der Waals surface area contributed by atoms with Gasteiger partial charge in [0.1, 0.15) is 0 Å². The van der Waals surface area contributed by atoms with Crippen molar-refractivity contribution in [3.63, 3.8) is 0 Å². The Morgan fingerprint density at radius 3 is 2.36 bits per heavy atom. The monoisotopic (exact) mass is 398 g/mol. The summed E-state index contributed by atoms with van der Waals surface area (Å²) in [4.78, 5) is 38.5. The molecule has 28 heavy (non-hydrogen) atoms. The standard InChI is InChI=1S/C21H22N2O4S/c1-28-17-10-6-14(7-11-17)18(13-20(25)26)22-21(27)15-4-8-16(9-5-15)23-12-2-3-19(23)24/h4-11,18H,2-3,12-13H2,1H3,(H,22,27)(H,25,26). The second kappa shape index (κ2) is 8.93. The topological polar surface area (TPSA) is 86.7 Å². The molecule has 2 amide bonds. The molecular weight excluding hydrogens is 376 g/mol. The van der Waals surface area contributed by atoms with E-state index in [0.29, 0.717) is 18.5 Å². The number of nitrogens with zero attached hydrogens (tertiary/aromatic N) is 1. The normalized spacial score (nSPS) is 14.8. The summed E-state index contributed by atoms with van der Waals surface area (Å²) in [7, 11) is 0. The van der Waals surface area contributed by atoms with E-state index in [1.54, 1.807) is 40.9 Å². The summed E-state index contributed by atoms with van der Waals surface area (Å²) in [6.45, 7) is 0.692. The van der Waals surface area contributed by atoms with Crippen molar-refractivity contribution in [2.75, 3.05) is 17.7 Å². The molecule has 2 aromatic carbocycles. The van der Waals surface area contributed by atoms with Crippen molar-refractivity contribution in [1.29, 1.82) is 0 Å². The number of benzene rings is 2. The largest absolute Gasteiger partial charge is 0.481 e. The van der Waals surface area contributed by atoms with Crippen molar-refractivity contribution < 1.29 is 19.5 Å². The SMILES string of the molecule is CSc1ccc(C(CC(=O)O)NC(=O)c2ccc(N3CCCC3=O)cc2)cc1. The predicted octanol–water partition coefficient (Wildman–Crippen LogP) is 3.48. The number of anilines is 1. The zero-order chi connectivity index (χ0) is 20.1. The first-order valence-electron chi connectivity index (χ1n) is 9.05. The van der Waals surface area contributed by atoms with Crippen LogP contribution in [0.3, 0.4) is 0 Å². The van der Waals surface area contributed by atoms with Crippen molar-refractivity contribution in [3.8, 4) is 0 Å². The van der Waals surface area contributed by atoms with Crippen LogP contribution in [0.1, 0.15) is 41.2 Å². The highest BCUT2D eigenvalue weighted by molar-refractivity contribution is 7.98. The number of thioether (sulfide) groups is 1. The van der Waals surface area contributed by atoms with Gasteiger partial charge in [0.05, 0.1) is 12.5 Å². The molecule has 1 fully saturated rings. The third-order valence-corrected chi connectivity index (χ3v) is 5.46. The average molecular weight is 398 g/mol. The summed E-state index contributed by atoms with van der Waals surface area (Å²) in [6.07, 6.45) is 3.15. The van der Waals surface area contributed by atoms with E-state index in [2.05, 4.69) is 5.32 Å². The summed E-state index contributed by atoms with van der Waals surface area (Å²) >= 11 is 1.59. The Morgan fingerprint density at radius 1 is 1.14 bits per heavy atom. The Kier molecular flexibility index (Phi) is 6.36. The van der Waals surface area contributed by atoms with Gasteiger partial charge in [-0.05, 0) is 54.6 Å². The van der Waals surface area contributed by atoms with Crippen LogP contribution in [0.4, 0.5) is 5.69 Å². The molecule has 7 heteroatoms. The van der Waals surface area contributed by atoms with Crippen molar-refractivity contribution in [2.24, 2.45) is 0 Å². The fraction of sp³-hybridized carbons (Fsp3) is 0.286. The van der Waals surface area contributed by atoms with Gasteiger partial charge in [-0.2, -0.15) is 0 Å². The number of amides is 2. The molecule has 146 valence electrons. The van der Waals surface area contributed by atoms with Crippen molar-refractivity contribution in [2.45, 2.75) is 30.2 Å². The van der Waals surface area contributed by atoms with Gasteiger partial charge in [0.2, 0.25) is 5.91 Å². The van der Waals surface area contributed by atoms with E-state index in [1.807, 2.05) is 30.5 Å². The van der Waals surface area contributed by atoms with Crippen LogP contribution in [0, 0.1) is 0 Å². The minimum atomic E-state index is -0.984. The smallest absolute Gasteiger partial charge is 0.305 e. The number of rotatable bonds is 7. The van der Waals surface area contributed by atoms with Crippen molar-refractivity contribution in [3.05, 3.63) is 59.7 Å². The van der Waals surface area contributed by atoms with Crippen LogP contribution in [-0.4, -0.2) is 35.7 Å². The molecule has 1 aliphatic heterocycles. The van der Waals surface area contributed by atoms with Crippen LogP contribution in [0.5, 0.6) is 0 Å². The van der Waals surface area contributed by atoms with Gasteiger partial charge in [0.15, 0.2) is 0 Å². The van der Waals surface area contributed by atoms with Crippen LogP contribution < -0.4 is 10.2 Å².